The Kier molecular flexibility index (Phi) is 6.19. The quantitative estimate of drug-likeness (QED) is 0.511. The number of nitrogens with zero attached hydrogens (tertiary/aromatic N) is 4. The second kappa shape index (κ2) is 9.05. The first kappa shape index (κ1) is 21.2. The maximum atomic E-state index is 9.35. The van der Waals surface area contributed by atoms with Gasteiger partial charge < -0.3 is 20.1 Å². The van der Waals surface area contributed by atoms with Gasteiger partial charge in [-0.1, -0.05) is 12.8 Å². The van der Waals surface area contributed by atoms with Crippen LogP contribution in [0, 0.1) is 0 Å². The van der Waals surface area contributed by atoms with Crippen LogP contribution in [-0.4, -0.2) is 77.1 Å². The molecule has 4 N–H and O–H groups in total. The molecule has 4 heterocycles. The molecule has 2 bridgehead atoms. The molecule has 1 aromatic rings. The van der Waals surface area contributed by atoms with E-state index in [2.05, 4.69) is 38.0 Å². The minimum absolute atomic E-state index is 0.0000143. The van der Waals surface area contributed by atoms with Crippen molar-refractivity contribution in [2.45, 2.75) is 94.2 Å². The molecule has 0 amide bonds. The molecule has 1 aliphatic carbocycles. The van der Waals surface area contributed by atoms with Crippen molar-refractivity contribution in [2.24, 2.45) is 0 Å². The van der Waals surface area contributed by atoms with E-state index in [4.69, 9.17) is 9.72 Å². The number of aromatic nitrogens is 2. The van der Waals surface area contributed by atoms with Crippen LogP contribution in [0.1, 0.15) is 57.8 Å². The van der Waals surface area contributed by atoms with Gasteiger partial charge in [0.1, 0.15) is 5.82 Å². The van der Waals surface area contributed by atoms with Gasteiger partial charge in [-0.15, -0.1) is 0 Å². The molecular weight excluding hydrogens is 394 g/mol. The van der Waals surface area contributed by atoms with Gasteiger partial charge in [0.05, 0.1) is 19.9 Å². The van der Waals surface area contributed by atoms with E-state index < -0.39 is 0 Å². The fraction of sp³-hybridized carbons (Fsp3) is 0.818. The zero-order valence-electron chi connectivity index (χ0n) is 18.8. The van der Waals surface area contributed by atoms with Crippen LogP contribution in [0.15, 0.2) is 6.07 Å². The lowest BCUT2D eigenvalue weighted by Crippen LogP contribution is -2.61. The lowest BCUT2D eigenvalue weighted by atomic mass is 9.77. The largest absolute Gasteiger partial charge is 0.481 e. The molecule has 0 aromatic carbocycles. The van der Waals surface area contributed by atoms with E-state index in [-0.39, 0.29) is 18.8 Å². The summed E-state index contributed by atoms with van der Waals surface area (Å²) in [6.07, 6.45) is 11.4. The maximum absolute atomic E-state index is 9.35. The minimum Gasteiger partial charge on any atom is -0.481 e. The topological polar surface area (TPSA) is 97.8 Å². The summed E-state index contributed by atoms with van der Waals surface area (Å²) in [5.74, 6) is 2.02. The monoisotopic (exact) mass is 431 g/mol. The van der Waals surface area contributed by atoms with E-state index in [0.29, 0.717) is 30.0 Å². The van der Waals surface area contributed by atoms with Crippen molar-refractivity contribution in [3.8, 4) is 5.88 Å². The van der Waals surface area contributed by atoms with Gasteiger partial charge in [-0.25, -0.2) is 5.43 Å². The van der Waals surface area contributed by atoms with E-state index in [0.717, 1.165) is 18.3 Å². The normalized spacial score (nSPS) is 33.7. The summed E-state index contributed by atoms with van der Waals surface area (Å²) in [6, 6.07) is 4.58. The minimum atomic E-state index is -0.0000143. The highest BCUT2D eigenvalue weighted by Gasteiger charge is 2.44. The molecular formula is C22H37N7O2. The lowest BCUT2D eigenvalue weighted by Gasteiger charge is -2.55. The SMILES string of the molecule is COc1cc(NC2CC(CO)NN2)nc(N(C)C2C[C@H]3CCC[C@@H](C2)N3C2CCC2)n1. The first-order valence-electron chi connectivity index (χ1n) is 12.0. The molecule has 3 saturated heterocycles. The number of hydrogen-bond donors (Lipinski definition) is 4. The first-order chi connectivity index (χ1) is 15.1. The van der Waals surface area contributed by atoms with Crippen molar-refractivity contribution in [3.05, 3.63) is 6.07 Å². The Morgan fingerprint density at radius 2 is 1.81 bits per heavy atom. The van der Waals surface area contributed by atoms with Crippen LogP contribution in [0.25, 0.3) is 0 Å². The molecule has 1 saturated carbocycles. The van der Waals surface area contributed by atoms with Crippen molar-refractivity contribution in [1.82, 2.24) is 25.7 Å². The van der Waals surface area contributed by atoms with Gasteiger partial charge in [0.15, 0.2) is 0 Å². The molecule has 3 unspecified atom stereocenters. The third-order valence-electron chi connectivity index (χ3n) is 7.79. The molecule has 5 atom stereocenters. The molecule has 9 nitrogen and oxygen atoms in total. The van der Waals surface area contributed by atoms with Gasteiger partial charge >= 0.3 is 0 Å². The van der Waals surface area contributed by atoms with Crippen molar-refractivity contribution in [3.63, 3.8) is 0 Å². The number of hydrazine groups is 1. The summed E-state index contributed by atoms with van der Waals surface area (Å²) >= 11 is 0. The van der Waals surface area contributed by atoms with E-state index in [1.807, 2.05) is 6.07 Å². The number of rotatable bonds is 7. The average molecular weight is 432 g/mol. The Balaban J connectivity index is 1.30. The molecule has 3 aliphatic heterocycles. The van der Waals surface area contributed by atoms with Crippen LogP contribution in [0.5, 0.6) is 5.88 Å². The third-order valence-corrected chi connectivity index (χ3v) is 7.79. The second-order valence-electron chi connectivity index (χ2n) is 9.70. The van der Waals surface area contributed by atoms with Gasteiger partial charge in [0, 0.05) is 49.7 Å². The van der Waals surface area contributed by atoms with Crippen LogP contribution in [0.2, 0.25) is 0 Å². The molecule has 0 radical (unpaired) electrons. The number of hydrogen-bond acceptors (Lipinski definition) is 9. The van der Waals surface area contributed by atoms with Crippen molar-refractivity contribution in [1.29, 1.82) is 0 Å². The summed E-state index contributed by atoms with van der Waals surface area (Å²) in [4.78, 5) is 14.7. The Hall–Kier alpha value is -1.68. The summed E-state index contributed by atoms with van der Waals surface area (Å²) in [6.45, 7) is 0.105. The van der Waals surface area contributed by atoms with E-state index in [1.165, 1.54) is 51.4 Å². The zero-order valence-corrected chi connectivity index (χ0v) is 18.8. The standard InChI is InChI=1S/C22H37N7O2/c1-28(18-10-16-7-4-8-17(11-18)29(16)15-5-3-6-15)22-24-19(12-21(25-22)31-2)23-20-9-14(13-30)26-27-20/h12,14-18,20,26-27,30H,3-11,13H2,1-2H3,(H,23,24,25)/t14?,16-,17+,18?,20?. The smallest absolute Gasteiger partial charge is 0.230 e. The van der Waals surface area contributed by atoms with E-state index >= 15 is 0 Å². The fourth-order valence-electron chi connectivity index (χ4n) is 5.91. The van der Waals surface area contributed by atoms with E-state index in [1.54, 1.807) is 7.11 Å². The summed E-state index contributed by atoms with van der Waals surface area (Å²) in [5.41, 5.74) is 6.25. The summed E-state index contributed by atoms with van der Waals surface area (Å²) in [7, 11) is 3.78. The number of anilines is 2. The molecule has 31 heavy (non-hydrogen) atoms. The van der Waals surface area contributed by atoms with Crippen LogP contribution < -0.4 is 25.8 Å². The van der Waals surface area contributed by atoms with Crippen molar-refractivity contribution in [2.75, 3.05) is 31.0 Å². The number of aliphatic hydroxyl groups is 1. The highest BCUT2D eigenvalue weighted by Crippen LogP contribution is 2.41. The molecule has 0 spiro atoms. The van der Waals surface area contributed by atoms with Crippen molar-refractivity contribution >= 4 is 11.8 Å². The summed E-state index contributed by atoms with van der Waals surface area (Å²) < 4.78 is 5.48. The Labute approximate surface area is 184 Å². The third kappa shape index (κ3) is 4.33. The van der Waals surface area contributed by atoms with Gasteiger partial charge in [0.25, 0.3) is 0 Å². The lowest BCUT2D eigenvalue weighted by molar-refractivity contribution is -0.0318. The highest BCUT2D eigenvalue weighted by atomic mass is 16.5. The second-order valence-corrected chi connectivity index (χ2v) is 9.70. The predicted octanol–water partition coefficient (Wildman–Crippen LogP) is 1.46. The van der Waals surface area contributed by atoms with Gasteiger partial charge in [-0.05, 0) is 38.5 Å². The molecule has 5 rings (SSSR count). The number of ether oxygens (including phenoxy) is 1. The van der Waals surface area contributed by atoms with Crippen LogP contribution >= 0.6 is 0 Å². The zero-order chi connectivity index (χ0) is 21.4. The number of methoxy groups -OCH3 is 1. The Morgan fingerprint density at radius 1 is 1.10 bits per heavy atom. The Bertz CT molecular complexity index is 747. The van der Waals surface area contributed by atoms with Crippen LogP contribution in [0.4, 0.5) is 11.8 Å². The van der Waals surface area contributed by atoms with Crippen LogP contribution in [0.3, 0.4) is 0 Å². The van der Waals surface area contributed by atoms with Gasteiger partial charge in [-0.3, -0.25) is 10.3 Å². The Morgan fingerprint density at radius 3 is 2.42 bits per heavy atom. The van der Waals surface area contributed by atoms with Gasteiger partial charge in [-0.2, -0.15) is 9.97 Å². The van der Waals surface area contributed by atoms with Crippen LogP contribution in [-0.2, 0) is 0 Å². The molecule has 9 heteroatoms. The fourth-order valence-corrected chi connectivity index (χ4v) is 5.91. The number of piperidine rings is 2. The number of aliphatic hydroxyl groups excluding tert-OH is 1. The molecule has 4 aliphatic rings. The summed E-state index contributed by atoms with van der Waals surface area (Å²) in [5, 5.41) is 12.8. The highest BCUT2D eigenvalue weighted by molar-refractivity contribution is 5.47. The maximum Gasteiger partial charge on any atom is 0.230 e. The first-order valence-corrected chi connectivity index (χ1v) is 12.0. The molecule has 172 valence electrons. The van der Waals surface area contributed by atoms with Gasteiger partial charge in [0.2, 0.25) is 11.8 Å². The predicted molar refractivity (Wildman–Crippen MR) is 120 cm³/mol. The average Bonchev–Trinajstić information content (AvgIpc) is 3.19. The number of fused-ring (bicyclic) bond motifs is 2. The number of nitrogens with one attached hydrogen (secondary N) is 3. The van der Waals surface area contributed by atoms with Crippen molar-refractivity contribution < 1.29 is 9.84 Å². The molecule has 1 aromatic heterocycles. The molecule has 4 fully saturated rings. The van der Waals surface area contributed by atoms with E-state index in [9.17, 15) is 5.11 Å².